The summed E-state index contributed by atoms with van der Waals surface area (Å²) < 4.78 is 10.5. The van der Waals surface area contributed by atoms with E-state index in [2.05, 4.69) is 21.7 Å². The van der Waals surface area contributed by atoms with E-state index in [9.17, 15) is 14.9 Å². The van der Waals surface area contributed by atoms with Gasteiger partial charge >= 0.3 is 6.09 Å². The third kappa shape index (κ3) is 5.22. The predicted molar refractivity (Wildman–Crippen MR) is 119 cm³/mol. The molecule has 9 heteroatoms. The lowest BCUT2D eigenvalue weighted by atomic mass is 9.94. The van der Waals surface area contributed by atoms with E-state index in [0.29, 0.717) is 36.4 Å². The summed E-state index contributed by atoms with van der Waals surface area (Å²) in [6.45, 7) is 0.338. The first kappa shape index (κ1) is 21.3. The zero-order valence-corrected chi connectivity index (χ0v) is 17.9. The number of anilines is 1. The van der Waals surface area contributed by atoms with Gasteiger partial charge in [-0.25, -0.2) is 4.79 Å². The van der Waals surface area contributed by atoms with Crippen LogP contribution in [0.25, 0.3) is 6.08 Å². The van der Waals surface area contributed by atoms with Crippen molar-refractivity contribution in [1.82, 2.24) is 10.3 Å². The van der Waals surface area contributed by atoms with Gasteiger partial charge < -0.3 is 19.8 Å². The molecule has 1 unspecified atom stereocenters. The van der Waals surface area contributed by atoms with E-state index in [-0.39, 0.29) is 12.0 Å². The molecule has 0 bridgehead atoms. The van der Waals surface area contributed by atoms with Crippen molar-refractivity contribution in [3.63, 3.8) is 0 Å². The van der Waals surface area contributed by atoms with Gasteiger partial charge in [-0.3, -0.25) is 9.78 Å². The van der Waals surface area contributed by atoms with Crippen LogP contribution in [0.5, 0.6) is 0 Å². The summed E-state index contributed by atoms with van der Waals surface area (Å²) in [5.41, 5.74) is 3.05. The molecule has 32 heavy (non-hydrogen) atoms. The standard InChI is InChI=1S/C23H20N4O4S/c24-11-19-18-5-4-17(31-23(29)26-13-16-2-1-8-25-12-16)10-20(18)32-22(19)27-21(28)6-3-15-7-9-30-14-15/h1-3,6-9,12,14,17H,4-5,10,13H2,(H,26,29)(H,27,28)/b6-3+. The first-order valence-corrected chi connectivity index (χ1v) is 10.8. The molecule has 162 valence electrons. The average Bonchev–Trinajstić information content (AvgIpc) is 3.44. The fourth-order valence-corrected chi connectivity index (χ4v) is 4.69. The largest absolute Gasteiger partial charge is 0.472 e. The highest BCUT2D eigenvalue weighted by Crippen LogP contribution is 2.38. The predicted octanol–water partition coefficient (Wildman–Crippen LogP) is 4.04. The quantitative estimate of drug-likeness (QED) is 0.550. The molecule has 0 saturated heterocycles. The Morgan fingerprint density at radius 2 is 2.31 bits per heavy atom. The second-order valence-electron chi connectivity index (χ2n) is 7.18. The molecule has 1 aliphatic carbocycles. The summed E-state index contributed by atoms with van der Waals surface area (Å²) in [6.07, 6.45) is 10.4. The van der Waals surface area contributed by atoms with Gasteiger partial charge in [0.2, 0.25) is 5.91 Å². The van der Waals surface area contributed by atoms with Crippen molar-refractivity contribution in [2.24, 2.45) is 0 Å². The van der Waals surface area contributed by atoms with Crippen LogP contribution in [0.2, 0.25) is 0 Å². The van der Waals surface area contributed by atoms with E-state index >= 15 is 0 Å². The Morgan fingerprint density at radius 3 is 3.06 bits per heavy atom. The molecule has 0 aromatic carbocycles. The smallest absolute Gasteiger partial charge is 0.407 e. The molecule has 0 fully saturated rings. The molecule has 0 spiro atoms. The van der Waals surface area contributed by atoms with E-state index in [1.165, 1.54) is 29.9 Å². The van der Waals surface area contributed by atoms with Gasteiger partial charge in [0.1, 0.15) is 17.2 Å². The molecule has 0 radical (unpaired) electrons. The van der Waals surface area contributed by atoms with Gasteiger partial charge in [0, 0.05) is 41.9 Å². The third-order valence-electron chi connectivity index (χ3n) is 4.97. The number of nitriles is 1. The van der Waals surface area contributed by atoms with Crippen molar-refractivity contribution in [2.45, 2.75) is 31.9 Å². The van der Waals surface area contributed by atoms with E-state index in [4.69, 9.17) is 9.15 Å². The Labute approximate surface area is 188 Å². The lowest BCUT2D eigenvalue weighted by Gasteiger charge is -2.22. The highest BCUT2D eigenvalue weighted by molar-refractivity contribution is 7.16. The number of nitrogens with one attached hydrogen (secondary N) is 2. The molecular weight excluding hydrogens is 428 g/mol. The summed E-state index contributed by atoms with van der Waals surface area (Å²) in [6, 6.07) is 7.62. The monoisotopic (exact) mass is 448 g/mol. The highest BCUT2D eigenvalue weighted by atomic mass is 32.1. The number of fused-ring (bicyclic) bond motifs is 1. The van der Waals surface area contributed by atoms with E-state index in [1.807, 2.05) is 6.07 Å². The molecular formula is C23H20N4O4S. The fourth-order valence-electron chi connectivity index (χ4n) is 3.43. The Morgan fingerprint density at radius 1 is 1.41 bits per heavy atom. The summed E-state index contributed by atoms with van der Waals surface area (Å²) in [5.74, 6) is -0.330. The maximum atomic E-state index is 12.3. The fraction of sp³-hybridized carbons (Fsp3) is 0.217. The zero-order chi connectivity index (χ0) is 22.3. The molecule has 4 rings (SSSR count). The number of aromatic nitrogens is 1. The van der Waals surface area contributed by atoms with Gasteiger partial charge in [0.05, 0.1) is 18.1 Å². The van der Waals surface area contributed by atoms with Crippen molar-refractivity contribution < 1.29 is 18.7 Å². The molecule has 3 aromatic heterocycles. The minimum Gasteiger partial charge on any atom is -0.472 e. The summed E-state index contributed by atoms with van der Waals surface area (Å²) in [4.78, 5) is 29.4. The molecule has 3 aromatic rings. The maximum Gasteiger partial charge on any atom is 0.407 e. The molecule has 0 aliphatic heterocycles. The van der Waals surface area contributed by atoms with Gasteiger partial charge in [-0.05, 0) is 42.2 Å². The summed E-state index contributed by atoms with van der Waals surface area (Å²) >= 11 is 1.35. The lowest BCUT2D eigenvalue weighted by molar-refractivity contribution is -0.111. The Balaban J connectivity index is 1.36. The third-order valence-corrected chi connectivity index (χ3v) is 6.14. The van der Waals surface area contributed by atoms with E-state index in [0.717, 1.165) is 21.6 Å². The van der Waals surface area contributed by atoms with Crippen LogP contribution in [0.3, 0.4) is 0 Å². The van der Waals surface area contributed by atoms with Crippen LogP contribution >= 0.6 is 11.3 Å². The van der Waals surface area contributed by atoms with Crippen LogP contribution in [0.15, 0.2) is 53.6 Å². The number of hydrogen-bond donors (Lipinski definition) is 2. The molecule has 2 N–H and O–H groups in total. The number of hydrogen-bond acceptors (Lipinski definition) is 7. The van der Waals surface area contributed by atoms with Crippen LogP contribution in [0, 0.1) is 11.3 Å². The Kier molecular flexibility index (Phi) is 6.63. The van der Waals surface area contributed by atoms with E-state index in [1.54, 1.807) is 30.6 Å². The number of ether oxygens (including phenoxy) is 1. The van der Waals surface area contributed by atoms with Crippen molar-refractivity contribution in [3.05, 3.63) is 76.3 Å². The highest BCUT2D eigenvalue weighted by Gasteiger charge is 2.28. The van der Waals surface area contributed by atoms with Gasteiger partial charge in [0.25, 0.3) is 0 Å². The lowest BCUT2D eigenvalue weighted by Crippen LogP contribution is -2.31. The molecule has 8 nitrogen and oxygen atoms in total. The SMILES string of the molecule is N#Cc1c(NC(=O)/C=C/c2ccoc2)sc2c1CCC(OC(=O)NCc1cccnc1)C2. The number of alkyl carbamates (subject to hydrolysis) is 1. The summed E-state index contributed by atoms with van der Waals surface area (Å²) in [7, 11) is 0. The average molecular weight is 449 g/mol. The molecule has 3 heterocycles. The molecule has 1 atom stereocenters. The minimum absolute atomic E-state index is 0.286. The van der Waals surface area contributed by atoms with Crippen LogP contribution in [0.4, 0.5) is 9.80 Å². The van der Waals surface area contributed by atoms with Crippen LogP contribution < -0.4 is 10.6 Å². The van der Waals surface area contributed by atoms with Crippen molar-refractivity contribution in [1.29, 1.82) is 5.26 Å². The number of amides is 2. The van der Waals surface area contributed by atoms with Crippen LogP contribution in [-0.2, 0) is 28.9 Å². The number of carbonyl (C=O) groups excluding carboxylic acids is 2. The van der Waals surface area contributed by atoms with Gasteiger partial charge in [0.15, 0.2) is 0 Å². The number of furan rings is 1. The molecule has 2 amide bonds. The number of rotatable bonds is 6. The maximum absolute atomic E-state index is 12.3. The van der Waals surface area contributed by atoms with Crippen molar-refractivity contribution in [3.8, 4) is 6.07 Å². The van der Waals surface area contributed by atoms with Gasteiger partial charge in [-0.15, -0.1) is 11.3 Å². The number of pyridine rings is 1. The first-order valence-electron chi connectivity index (χ1n) is 10.0. The normalized spacial score (nSPS) is 15.0. The van der Waals surface area contributed by atoms with E-state index < -0.39 is 6.09 Å². The summed E-state index contributed by atoms with van der Waals surface area (Å²) in [5, 5.41) is 15.7. The minimum atomic E-state index is -0.489. The Hall–Kier alpha value is -3.90. The number of nitrogens with zero attached hydrogens (tertiary/aromatic N) is 2. The molecule has 1 aliphatic rings. The number of thiophene rings is 1. The van der Waals surface area contributed by atoms with Crippen LogP contribution in [-0.4, -0.2) is 23.1 Å². The van der Waals surface area contributed by atoms with Gasteiger partial charge in [-0.2, -0.15) is 5.26 Å². The number of carbonyl (C=O) groups is 2. The van der Waals surface area contributed by atoms with Crippen LogP contribution in [0.1, 0.15) is 33.6 Å². The Bertz CT molecular complexity index is 1160. The topological polar surface area (TPSA) is 117 Å². The van der Waals surface area contributed by atoms with Gasteiger partial charge in [-0.1, -0.05) is 6.07 Å². The van der Waals surface area contributed by atoms with Crippen molar-refractivity contribution >= 4 is 34.4 Å². The zero-order valence-electron chi connectivity index (χ0n) is 17.0. The second kappa shape index (κ2) is 9.94. The van der Waals surface area contributed by atoms with Crippen molar-refractivity contribution in [2.75, 3.05) is 5.32 Å². The molecule has 0 saturated carbocycles. The second-order valence-corrected chi connectivity index (χ2v) is 8.29. The first-order chi connectivity index (χ1) is 15.6.